The highest BCUT2D eigenvalue weighted by Crippen LogP contribution is 2.27. The predicted molar refractivity (Wildman–Crippen MR) is 75.4 cm³/mol. The van der Waals surface area contributed by atoms with Gasteiger partial charge in [0.15, 0.2) is 0 Å². The number of phenolic OH excluding ortho intramolecular Hbond substituents is 1. The first kappa shape index (κ1) is 13.2. The fourth-order valence-electron chi connectivity index (χ4n) is 2.01. The lowest BCUT2D eigenvalue weighted by Crippen LogP contribution is -2.05. The monoisotopic (exact) mass is 286 g/mol. The molecule has 0 aliphatic rings. The summed E-state index contributed by atoms with van der Waals surface area (Å²) in [5.74, 6) is -0.00500. The Labute approximate surface area is 119 Å². The molecule has 0 atom stereocenters. The average molecular weight is 286 g/mol. The van der Waals surface area contributed by atoms with Crippen LogP contribution in [0.1, 0.15) is 5.56 Å². The van der Waals surface area contributed by atoms with Crippen molar-refractivity contribution in [2.45, 2.75) is 6.92 Å². The minimum absolute atomic E-state index is 0.000743. The Bertz CT molecular complexity index is 866. The highest BCUT2D eigenvalue weighted by Gasteiger charge is 2.12. The Morgan fingerprint density at radius 1 is 1.14 bits per heavy atom. The molecule has 4 nitrogen and oxygen atoms in total. The molecule has 3 rings (SSSR count). The van der Waals surface area contributed by atoms with Crippen LogP contribution in [0, 0.1) is 12.7 Å². The molecule has 106 valence electrons. The lowest BCUT2D eigenvalue weighted by atomic mass is 10.1. The third-order valence-electron chi connectivity index (χ3n) is 3.17. The molecule has 0 amide bonds. The van der Waals surface area contributed by atoms with Crippen molar-refractivity contribution in [1.82, 2.24) is 0 Å². The molecule has 1 N–H and O–H groups in total. The van der Waals surface area contributed by atoms with Gasteiger partial charge in [-0.2, -0.15) is 0 Å². The van der Waals surface area contributed by atoms with E-state index in [0.717, 1.165) is 0 Å². The summed E-state index contributed by atoms with van der Waals surface area (Å²) in [6.45, 7) is 1.65. The summed E-state index contributed by atoms with van der Waals surface area (Å²) in [4.78, 5) is 12.3. The zero-order valence-electron chi connectivity index (χ0n) is 11.1. The van der Waals surface area contributed by atoms with Gasteiger partial charge in [0.25, 0.3) is 0 Å². The number of phenols is 1. The number of hydrogen-bond acceptors (Lipinski definition) is 4. The van der Waals surface area contributed by atoms with Gasteiger partial charge in [-0.1, -0.05) is 0 Å². The molecule has 0 bridgehead atoms. The maximum atomic E-state index is 12.8. The highest BCUT2D eigenvalue weighted by molar-refractivity contribution is 5.82. The van der Waals surface area contributed by atoms with Gasteiger partial charge < -0.3 is 14.3 Å². The number of aromatic hydroxyl groups is 1. The fraction of sp³-hybridized carbons (Fsp3) is 0.0625. The zero-order valence-corrected chi connectivity index (χ0v) is 11.1. The van der Waals surface area contributed by atoms with Crippen molar-refractivity contribution in [2.24, 2.45) is 0 Å². The molecule has 0 saturated heterocycles. The molecule has 0 radical (unpaired) electrons. The molecular formula is C16H11FO4. The largest absolute Gasteiger partial charge is 0.508 e. The summed E-state index contributed by atoms with van der Waals surface area (Å²) in [6.07, 6.45) is 1.18. The Balaban J connectivity index is 2.08. The summed E-state index contributed by atoms with van der Waals surface area (Å²) < 4.78 is 23.6. The van der Waals surface area contributed by atoms with Gasteiger partial charge >= 0.3 is 0 Å². The van der Waals surface area contributed by atoms with Crippen LogP contribution in [0.2, 0.25) is 0 Å². The van der Waals surface area contributed by atoms with Crippen molar-refractivity contribution >= 4 is 11.0 Å². The van der Waals surface area contributed by atoms with E-state index in [2.05, 4.69) is 0 Å². The summed E-state index contributed by atoms with van der Waals surface area (Å²) in [5.41, 5.74) is 0.438. The van der Waals surface area contributed by atoms with Crippen LogP contribution in [-0.2, 0) is 0 Å². The number of benzene rings is 2. The molecule has 3 aromatic rings. The zero-order chi connectivity index (χ0) is 15.0. The number of hydrogen-bond donors (Lipinski definition) is 1. The third-order valence-corrected chi connectivity index (χ3v) is 3.17. The van der Waals surface area contributed by atoms with E-state index in [1.54, 1.807) is 6.92 Å². The predicted octanol–water partition coefficient (Wildman–Crippen LogP) is 3.74. The van der Waals surface area contributed by atoms with Gasteiger partial charge in [0.1, 0.15) is 29.2 Å². The molecule has 0 saturated carbocycles. The van der Waals surface area contributed by atoms with Gasteiger partial charge in [-0.25, -0.2) is 4.39 Å². The number of aryl methyl sites for hydroxylation is 1. The summed E-state index contributed by atoms with van der Waals surface area (Å²) in [7, 11) is 0. The van der Waals surface area contributed by atoms with Gasteiger partial charge in [-0.3, -0.25) is 4.79 Å². The first-order valence-corrected chi connectivity index (χ1v) is 6.24. The maximum Gasteiger partial charge on any atom is 0.235 e. The molecule has 1 aromatic heterocycles. The van der Waals surface area contributed by atoms with Crippen molar-refractivity contribution in [3.63, 3.8) is 0 Å². The second-order valence-corrected chi connectivity index (χ2v) is 4.57. The van der Waals surface area contributed by atoms with Gasteiger partial charge in [0.05, 0.1) is 5.39 Å². The lowest BCUT2D eigenvalue weighted by molar-refractivity contribution is 0.446. The van der Waals surface area contributed by atoms with Crippen LogP contribution in [0.5, 0.6) is 17.2 Å². The van der Waals surface area contributed by atoms with Crippen molar-refractivity contribution in [3.05, 3.63) is 64.3 Å². The molecule has 1 heterocycles. The summed E-state index contributed by atoms with van der Waals surface area (Å²) in [6, 6.07) is 8.21. The van der Waals surface area contributed by atoms with Crippen LogP contribution in [0.3, 0.4) is 0 Å². The van der Waals surface area contributed by atoms with E-state index in [-0.39, 0.29) is 22.7 Å². The first-order chi connectivity index (χ1) is 10.1. The van der Waals surface area contributed by atoms with Crippen LogP contribution >= 0.6 is 0 Å². The second-order valence-electron chi connectivity index (χ2n) is 4.57. The van der Waals surface area contributed by atoms with E-state index < -0.39 is 0 Å². The van der Waals surface area contributed by atoms with E-state index in [1.807, 2.05) is 0 Å². The minimum Gasteiger partial charge on any atom is -0.508 e. The molecule has 0 spiro atoms. The second kappa shape index (κ2) is 4.94. The minimum atomic E-state index is -0.390. The SMILES string of the molecule is Cc1c(O)ccc2c(=O)c(Oc3ccc(F)cc3)coc12. The Hall–Kier alpha value is -2.82. The lowest BCUT2D eigenvalue weighted by Gasteiger charge is -2.07. The topological polar surface area (TPSA) is 59.7 Å². The number of ether oxygens (including phenoxy) is 1. The van der Waals surface area contributed by atoms with Crippen molar-refractivity contribution in [3.8, 4) is 17.2 Å². The van der Waals surface area contributed by atoms with Gasteiger partial charge in [-0.15, -0.1) is 0 Å². The van der Waals surface area contributed by atoms with Crippen molar-refractivity contribution in [2.75, 3.05) is 0 Å². The Morgan fingerprint density at radius 3 is 2.57 bits per heavy atom. The van der Waals surface area contributed by atoms with Gasteiger partial charge in [0, 0.05) is 5.56 Å². The van der Waals surface area contributed by atoms with E-state index in [9.17, 15) is 14.3 Å². The molecule has 0 fully saturated rings. The number of fused-ring (bicyclic) bond motifs is 1. The van der Waals surface area contributed by atoms with Gasteiger partial charge in [-0.05, 0) is 43.3 Å². The molecule has 0 aliphatic heterocycles. The van der Waals surface area contributed by atoms with Gasteiger partial charge in [0.2, 0.25) is 11.2 Å². The summed E-state index contributed by atoms with van der Waals surface area (Å²) >= 11 is 0. The standard InChI is InChI=1S/C16H11FO4/c1-9-13(18)7-6-12-15(19)14(8-20-16(9)12)21-11-4-2-10(17)3-5-11/h2-8,18H,1H3. The normalized spacial score (nSPS) is 10.8. The number of halogens is 1. The molecule has 21 heavy (non-hydrogen) atoms. The van der Waals surface area contributed by atoms with Crippen LogP contribution in [0.4, 0.5) is 4.39 Å². The molecular weight excluding hydrogens is 275 g/mol. The molecule has 2 aromatic carbocycles. The average Bonchev–Trinajstić information content (AvgIpc) is 2.48. The Morgan fingerprint density at radius 2 is 1.86 bits per heavy atom. The highest BCUT2D eigenvalue weighted by atomic mass is 19.1. The first-order valence-electron chi connectivity index (χ1n) is 6.24. The quantitative estimate of drug-likeness (QED) is 0.779. The van der Waals surface area contributed by atoms with Crippen LogP contribution in [0.15, 0.2) is 51.9 Å². The molecule has 0 aliphatic carbocycles. The van der Waals surface area contributed by atoms with E-state index >= 15 is 0 Å². The van der Waals surface area contributed by atoms with E-state index in [0.29, 0.717) is 22.3 Å². The smallest absolute Gasteiger partial charge is 0.235 e. The molecule has 5 heteroatoms. The number of rotatable bonds is 2. The van der Waals surface area contributed by atoms with E-state index in [4.69, 9.17) is 9.15 Å². The maximum absolute atomic E-state index is 12.8. The summed E-state index contributed by atoms with van der Waals surface area (Å²) in [5, 5.41) is 9.92. The third kappa shape index (κ3) is 2.33. The van der Waals surface area contributed by atoms with Crippen LogP contribution in [0.25, 0.3) is 11.0 Å². The van der Waals surface area contributed by atoms with Crippen LogP contribution in [-0.4, -0.2) is 5.11 Å². The van der Waals surface area contributed by atoms with E-state index in [1.165, 1.54) is 42.7 Å². The Kier molecular flexibility index (Phi) is 3.10. The fourth-order valence-corrected chi connectivity index (χ4v) is 2.01. The van der Waals surface area contributed by atoms with Crippen LogP contribution < -0.4 is 10.2 Å². The van der Waals surface area contributed by atoms with Crippen molar-refractivity contribution < 1.29 is 18.7 Å². The molecule has 0 unspecified atom stereocenters. The van der Waals surface area contributed by atoms with Crippen molar-refractivity contribution in [1.29, 1.82) is 0 Å².